The Kier molecular flexibility index (Phi) is 5.37. The molecule has 1 saturated heterocycles. The average molecular weight is 354 g/mol. The van der Waals surface area contributed by atoms with Crippen LogP contribution in [0.5, 0.6) is 0 Å². The van der Waals surface area contributed by atoms with Crippen molar-refractivity contribution in [2.45, 2.75) is 57.0 Å². The predicted octanol–water partition coefficient (Wildman–Crippen LogP) is 2.23. The molecule has 1 aromatic carbocycles. The first-order valence-electron chi connectivity index (χ1n) is 8.12. The molecule has 0 spiro atoms. The van der Waals surface area contributed by atoms with Gasteiger partial charge in [0.15, 0.2) is 0 Å². The number of hydrogen-bond acceptors (Lipinski definition) is 4. The molecule has 6 nitrogen and oxygen atoms in total. The fraction of sp³-hybridized carbons (Fsp3) is 0.588. The van der Waals surface area contributed by atoms with E-state index in [2.05, 4.69) is 30.4 Å². The van der Waals surface area contributed by atoms with Crippen molar-refractivity contribution in [2.24, 2.45) is 0 Å². The Labute approximate surface area is 143 Å². The fourth-order valence-corrected chi connectivity index (χ4v) is 4.29. The molecule has 0 aromatic heterocycles. The number of hydrogen-bond donors (Lipinski definition) is 2. The molecule has 2 rings (SSSR count). The lowest BCUT2D eigenvalue weighted by atomic mass is 9.99. The number of likely N-dealkylation sites (tertiary alicyclic amines) is 1. The minimum absolute atomic E-state index is 0.00347. The van der Waals surface area contributed by atoms with E-state index < -0.39 is 16.0 Å². The van der Waals surface area contributed by atoms with Crippen molar-refractivity contribution >= 4 is 16.0 Å². The number of piperidine rings is 1. The van der Waals surface area contributed by atoms with E-state index in [0.29, 0.717) is 5.56 Å². The summed E-state index contributed by atoms with van der Waals surface area (Å²) in [6, 6.07) is 4.09. The number of benzene rings is 1. The number of aromatic carboxylic acids is 1. The lowest BCUT2D eigenvalue weighted by Crippen LogP contribution is -2.50. The van der Waals surface area contributed by atoms with Gasteiger partial charge in [0, 0.05) is 24.7 Å². The molecule has 0 amide bonds. The normalized spacial score (nSPS) is 17.8. The number of carbonyl (C=O) groups is 1. The second-order valence-electron chi connectivity index (χ2n) is 7.34. The molecular weight excluding hydrogens is 328 g/mol. The van der Waals surface area contributed by atoms with E-state index >= 15 is 0 Å². The number of sulfonamides is 1. The van der Waals surface area contributed by atoms with Gasteiger partial charge >= 0.3 is 5.97 Å². The Morgan fingerprint density at radius 1 is 1.25 bits per heavy atom. The van der Waals surface area contributed by atoms with Crippen molar-refractivity contribution in [1.82, 2.24) is 9.62 Å². The molecule has 0 bridgehead atoms. The third kappa shape index (κ3) is 4.34. The van der Waals surface area contributed by atoms with Gasteiger partial charge in [0.1, 0.15) is 0 Å². The van der Waals surface area contributed by atoms with Crippen LogP contribution in [-0.2, 0) is 10.0 Å². The molecule has 134 valence electrons. The molecule has 0 radical (unpaired) electrons. The van der Waals surface area contributed by atoms with Crippen molar-refractivity contribution in [2.75, 3.05) is 13.1 Å². The molecule has 0 unspecified atom stereocenters. The smallest absolute Gasteiger partial charge is 0.335 e. The first kappa shape index (κ1) is 18.9. The van der Waals surface area contributed by atoms with Crippen LogP contribution in [0.1, 0.15) is 49.5 Å². The highest BCUT2D eigenvalue weighted by Gasteiger charge is 2.29. The molecule has 7 heteroatoms. The van der Waals surface area contributed by atoms with Gasteiger partial charge in [-0.1, -0.05) is 6.07 Å². The summed E-state index contributed by atoms with van der Waals surface area (Å²) >= 11 is 0. The fourth-order valence-electron chi connectivity index (χ4n) is 2.95. The zero-order valence-electron chi connectivity index (χ0n) is 14.7. The standard InChI is InChI=1S/C17H26N2O4S/c1-12-5-6-14(11-15(12)16(20)21)24(22,23)18-13-7-9-19(10-8-13)17(2,3)4/h5-6,11,13,18H,7-10H2,1-4H3,(H,20,21). The largest absolute Gasteiger partial charge is 0.478 e. The number of aryl methyl sites for hydroxylation is 1. The average Bonchev–Trinajstić information content (AvgIpc) is 2.46. The third-order valence-corrected chi connectivity index (χ3v) is 6.03. The third-order valence-electron chi connectivity index (χ3n) is 4.52. The van der Waals surface area contributed by atoms with Gasteiger partial charge in [-0.25, -0.2) is 17.9 Å². The first-order chi connectivity index (χ1) is 11.0. The minimum Gasteiger partial charge on any atom is -0.478 e. The number of nitrogens with one attached hydrogen (secondary N) is 1. The van der Waals surface area contributed by atoms with Crippen LogP contribution >= 0.6 is 0 Å². The van der Waals surface area contributed by atoms with Crippen LogP contribution in [0.2, 0.25) is 0 Å². The Hall–Kier alpha value is -1.44. The van der Waals surface area contributed by atoms with Crippen LogP contribution < -0.4 is 4.72 Å². The highest BCUT2D eigenvalue weighted by Crippen LogP contribution is 2.22. The Morgan fingerprint density at radius 3 is 2.33 bits per heavy atom. The second-order valence-corrected chi connectivity index (χ2v) is 9.05. The highest BCUT2D eigenvalue weighted by molar-refractivity contribution is 7.89. The summed E-state index contributed by atoms with van der Waals surface area (Å²) in [6.45, 7) is 9.77. The zero-order valence-corrected chi connectivity index (χ0v) is 15.5. The van der Waals surface area contributed by atoms with E-state index in [-0.39, 0.29) is 22.0 Å². The Bertz CT molecular complexity index is 715. The van der Waals surface area contributed by atoms with Crippen molar-refractivity contribution in [3.05, 3.63) is 29.3 Å². The van der Waals surface area contributed by atoms with E-state index in [9.17, 15) is 13.2 Å². The topological polar surface area (TPSA) is 86.7 Å². The van der Waals surface area contributed by atoms with Crippen molar-refractivity contribution in [3.63, 3.8) is 0 Å². The van der Waals surface area contributed by atoms with E-state index in [0.717, 1.165) is 25.9 Å². The molecule has 1 aromatic rings. The number of carboxylic acids is 1. The molecule has 0 aliphatic carbocycles. The summed E-state index contributed by atoms with van der Waals surface area (Å²) < 4.78 is 27.8. The van der Waals surface area contributed by atoms with Gasteiger partial charge in [-0.15, -0.1) is 0 Å². The van der Waals surface area contributed by atoms with Gasteiger partial charge in [-0.05, 0) is 58.2 Å². The van der Waals surface area contributed by atoms with Gasteiger partial charge < -0.3 is 5.11 Å². The predicted molar refractivity (Wildman–Crippen MR) is 92.8 cm³/mol. The summed E-state index contributed by atoms with van der Waals surface area (Å²) in [4.78, 5) is 13.5. The summed E-state index contributed by atoms with van der Waals surface area (Å²) in [5.74, 6) is -1.12. The van der Waals surface area contributed by atoms with Crippen LogP contribution in [0.25, 0.3) is 0 Å². The monoisotopic (exact) mass is 354 g/mol. The number of rotatable bonds is 4. The highest BCUT2D eigenvalue weighted by atomic mass is 32.2. The van der Waals surface area contributed by atoms with Gasteiger partial charge in [-0.2, -0.15) is 0 Å². The molecule has 0 saturated carbocycles. The lowest BCUT2D eigenvalue weighted by molar-refractivity contribution is 0.0696. The van der Waals surface area contributed by atoms with E-state index in [4.69, 9.17) is 5.11 Å². The molecule has 24 heavy (non-hydrogen) atoms. The Morgan fingerprint density at radius 2 is 1.83 bits per heavy atom. The lowest BCUT2D eigenvalue weighted by Gasteiger charge is -2.40. The van der Waals surface area contributed by atoms with E-state index in [1.807, 2.05) is 0 Å². The number of nitrogens with zero attached hydrogens (tertiary/aromatic N) is 1. The van der Waals surface area contributed by atoms with Crippen LogP contribution in [-0.4, -0.2) is 49.1 Å². The van der Waals surface area contributed by atoms with E-state index in [1.165, 1.54) is 18.2 Å². The summed E-state index contributed by atoms with van der Waals surface area (Å²) in [6.07, 6.45) is 1.49. The van der Waals surface area contributed by atoms with Crippen LogP contribution in [0.4, 0.5) is 0 Å². The molecule has 1 aliphatic heterocycles. The maximum atomic E-state index is 12.5. The minimum atomic E-state index is -3.72. The number of carboxylic acid groups (broad SMARTS) is 1. The van der Waals surface area contributed by atoms with Gasteiger partial charge in [0.25, 0.3) is 0 Å². The quantitative estimate of drug-likeness (QED) is 0.866. The molecule has 1 fully saturated rings. The van der Waals surface area contributed by atoms with Crippen LogP contribution in [0.15, 0.2) is 23.1 Å². The van der Waals surface area contributed by atoms with Gasteiger partial charge in [0.05, 0.1) is 10.5 Å². The van der Waals surface area contributed by atoms with Crippen molar-refractivity contribution in [3.8, 4) is 0 Å². The van der Waals surface area contributed by atoms with Crippen LogP contribution in [0, 0.1) is 6.92 Å². The molecule has 1 aliphatic rings. The maximum Gasteiger partial charge on any atom is 0.335 e. The van der Waals surface area contributed by atoms with Gasteiger partial charge in [0.2, 0.25) is 10.0 Å². The van der Waals surface area contributed by atoms with Crippen LogP contribution in [0.3, 0.4) is 0 Å². The molecule has 0 atom stereocenters. The maximum absolute atomic E-state index is 12.5. The van der Waals surface area contributed by atoms with Gasteiger partial charge in [-0.3, -0.25) is 4.90 Å². The van der Waals surface area contributed by atoms with E-state index in [1.54, 1.807) is 6.92 Å². The second kappa shape index (κ2) is 6.82. The summed E-state index contributed by atoms with van der Waals surface area (Å²) in [5, 5.41) is 9.16. The zero-order chi connectivity index (χ0) is 18.1. The van der Waals surface area contributed by atoms with Crippen molar-refractivity contribution < 1.29 is 18.3 Å². The first-order valence-corrected chi connectivity index (χ1v) is 9.60. The molecule has 2 N–H and O–H groups in total. The molecule has 1 heterocycles. The molecular formula is C17H26N2O4S. The summed E-state index contributed by atoms with van der Waals surface area (Å²) in [7, 11) is -3.72. The SMILES string of the molecule is Cc1ccc(S(=O)(=O)NC2CCN(C(C)(C)C)CC2)cc1C(=O)O. The van der Waals surface area contributed by atoms with Crippen molar-refractivity contribution in [1.29, 1.82) is 0 Å². The Balaban J connectivity index is 2.10. The summed E-state index contributed by atoms with van der Waals surface area (Å²) in [5.41, 5.74) is 0.636.